The summed E-state index contributed by atoms with van der Waals surface area (Å²) in [6.45, 7) is 0.593. The third-order valence-electron chi connectivity index (χ3n) is 3.12. The minimum atomic E-state index is -0.486. The van der Waals surface area contributed by atoms with Crippen LogP contribution in [0.15, 0.2) is 48.5 Å². The molecule has 0 aliphatic heterocycles. The van der Waals surface area contributed by atoms with Crippen molar-refractivity contribution in [3.8, 4) is 17.6 Å². The zero-order valence-electron chi connectivity index (χ0n) is 13.3. The molecule has 4 nitrogen and oxygen atoms in total. The van der Waals surface area contributed by atoms with E-state index in [1.807, 2.05) is 30.3 Å². The summed E-state index contributed by atoms with van der Waals surface area (Å²) >= 11 is 0. The fraction of sp³-hybridized carbons (Fsp3) is 0.211. The van der Waals surface area contributed by atoms with Gasteiger partial charge in [-0.3, -0.25) is 0 Å². The molecule has 5 heteroatoms. The summed E-state index contributed by atoms with van der Waals surface area (Å²) in [5.41, 5.74) is 1.53. The first-order valence-electron chi connectivity index (χ1n) is 7.46. The van der Waals surface area contributed by atoms with Gasteiger partial charge in [0.25, 0.3) is 0 Å². The van der Waals surface area contributed by atoms with Gasteiger partial charge >= 0.3 is 6.09 Å². The molecule has 0 spiro atoms. The van der Waals surface area contributed by atoms with E-state index >= 15 is 0 Å². The first kappa shape index (κ1) is 17.4. The molecule has 2 aromatic carbocycles. The fourth-order valence-electron chi connectivity index (χ4n) is 1.93. The first-order valence-corrected chi connectivity index (χ1v) is 7.46. The smallest absolute Gasteiger partial charge is 0.407 e. The molecule has 1 N–H and O–H groups in total. The summed E-state index contributed by atoms with van der Waals surface area (Å²) in [6, 6.07) is 13.6. The Kier molecular flexibility index (Phi) is 6.66. The number of methoxy groups -OCH3 is 1. The predicted molar refractivity (Wildman–Crippen MR) is 89.1 cm³/mol. The summed E-state index contributed by atoms with van der Waals surface area (Å²) in [5, 5.41) is 2.62. The van der Waals surface area contributed by atoms with Crippen LogP contribution >= 0.6 is 0 Å². The highest BCUT2D eigenvalue weighted by atomic mass is 19.1. The molecule has 2 aromatic rings. The second-order valence-corrected chi connectivity index (χ2v) is 4.88. The summed E-state index contributed by atoms with van der Waals surface area (Å²) in [5.74, 6) is 5.80. The van der Waals surface area contributed by atoms with Crippen LogP contribution in [-0.2, 0) is 11.3 Å². The minimum absolute atomic E-state index is 0.227. The molecule has 24 heavy (non-hydrogen) atoms. The van der Waals surface area contributed by atoms with Crippen LogP contribution in [0.4, 0.5) is 9.18 Å². The molecule has 2 rings (SSSR count). The van der Waals surface area contributed by atoms with Crippen LogP contribution in [0, 0.1) is 17.7 Å². The highest BCUT2D eigenvalue weighted by molar-refractivity contribution is 5.67. The van der Waals surface area contributed by atoms with Gasteiger partial charge in [-0.25, -0.2) is 9.18 Å². The molecule has 1 amide bonds. The van der Waals surface area contributed by atoms with Gasteiger partial charge in [-0.2, -0.15) is 0 Å². The maximum atomic E-state index is 13.1. The standard InChI is InChI=1S/C19H18FNO3/c1-23-18-13-17(20)11-10-16(18)9-5-6-12-21-19(22)24-14-15-7-3-2-4-8-15/h2-4,7-8,10-11,13H,6,12,14H2,1H3,(H,21,22). The maximum Gasteiger partial charge on any atom is 0.407 e. The van der Waals surface area contributed by atoms with Crippen molar-refractivity contribution in [3.05, 3.63) is 65.5 Å². The summed E-state index contributed by atoms with van der Waals surface area (Å²) < 4.78 is 23.2. The number of benzene rings is 2. The van der Waals surface area contributed by atoms with Crippen LogP contribution in [-0.4, -0.2) is 19.7 Å². The van der Waals surface area contributed by atoms with E-state index in [2.05, 4.69) is 17.2 Å². The SMILES string of the molecule is COc1cc(F)ccc1C#CCCNC(=O)OCc1ccccc1. The molecule has 124 valence electrons. The summed E-state index contributed by atoms with van der Waals surface area (Å²) in [7, 11) is 1.46. The number of carbonyl (C=O) groups excluding carboxylic acids is 1. The largest absolute Gasteiger partial charge is 0.495 e. The number of ether oxygens (including phenoxy) is 2. The van der Waals surface area contributed by atoms with Crippen LogP contribution in [0.25, 0.3) is 0 Å². The van der Waals surface area contributed by atoms with Gasteiger partial charge in [0, 0.05) is 19.0 Å². The summed E-state index contributed by atoms with van der Waals surface area (Å²) in [4.78, 5) is 11.5. The van der Waals surface area contributed by atoms with E-state index in [1.165, 1.54) is 19.2 Å². The number of amides is 1. The Morgan fingerprint density at radius 2 is 2.00 bits per heavy atom. The number of hydrogen-bond acceptors (Lipinski definition) is 3. The Labute approximate surface area is 140 Å². The third-order valence-corrected chi connectivity index (χ3v) is 3.12. The molecular weight excluding hydrogens is 309 g/mol. The van der Waals surface area contributed by atoms with Gasteiger partial charge in [0.1, 0.15) is 18.2 Å². The molecule has 0 heterocycles. The van der Waals surface area contributed by atoms with E-state index in [0.29, 0.717) is 24.3 Å². The number of carbonyl (C=O) groups is 1. The van der Waals surface area contributed by atoms with Crippen LogP contribution in [0.2, 0.25) is 0 Å². The van der Waals surface area contributed by atoms with E-state index in [1.54, 1.807) is 6.07 Å². The molecule has 0 saturated heterocycles. The lowest BCUT2D eigenvalue weighted by atomic mass is 10.2. The van der Waals surface area contributed by atoms with Gasteiger partial charge in [-0.15, -0.1) is 0 Å². The van der Waals surface area contributed by atoms with Crippen LogP contribution < -0.4 is 10.1 Å². The monoisotopic (exact) mass is 327 g/mol. The van der Waals surface area contributed by atoms with E-state index < -0.39 is 6.09 Å². The zero-order chi connectivity index (χ0) is 17.2. The van der Waals surface area contributed by atoms with Crippen molar-refractivity contribution in [2.75, 3.05) is 13.7 Å². The highest BCUT2D eigenvalue weighted by Crippen LogP contribution is 2.18. The van der Waals surface area contributed by atoms with Crippen molar-refractivity contribution in [1.82, 2.24) is 5.32 Å². The minimum Gasteiger partial charge on any atom is -0.495 e. The number of nitrogens with one attached hydrogen (secondary N) is 1. The zero-order valence-corrected chi connectivity index (χ0v) is 13.3. The second-order valence-electron chi connectivity index (χ2n) is 4.88. The van der Waals surface area contributed by atoms with Crippen molar-refractivity contribution in [1.29, 1.82) is 0 Å². The Morgan fingerprint density at radius 3 is 2.75 bits per heavy atom. The molecule has 0 aliphatic rings. The molecule has 0 bridgehead atoms. The van der Waals surface area contributed by atoms with E-state index in [9.17, 15) is 9.18 Å². The van der Waals surface area contributed by atoms with Crippen LogP contribution in [0.3, 0.4) is 0 Å². The third kappa shape index (κ3) is 5.65. The van der Waals surface area contributed by atoms with Crippen molar-refractivity contribution in [3.63, 3.8) is 0 Å². The molecule has 0 aliphatic carbocycles. The first-order chi connectivity index (χ1) is 11.7. The molecule has 0 fully saturated rings. The Hall–Kier alpha value is -3.00. The number of alkyl carbamates (subject to hydrolysis) is 1. The van der Waals surface area contributed by atoms with Crippen molar-refractivity contribution in [2.24, 2.45) is 0 Å². The van der Waals surface area contributed by atoms with Crippen molar-refractivity contribution >= 4 is 6.09 Å². The normalized spacial score (nSPS) is 9.58. The Bertz CT molecular complexity index is 735. The van der Waals surface area contributed by atoms with Gasteiger partial charge in [-0.05, 0) is 17.7 Å². The van der Waals surface area contributed by atoms with Crippen LogP contribution in [0.5, 0.6) is 5.75 Å². The molecule has 0 unspecified atom stereocenters. The van der Waals surface area contributed by atoms with Gasteiger partial charge in [-0.1, -0.05) is 42.2 Å². The van der Waals surface area contributed by atoms with Gasteiger partial charge in [0.2, 0.25) is 0 Å². The lowest BCUT2D eigenvalue weighted by molar-refractivity contribution is 0.140. The van der Waals surface area contributed by atoms with E-state index in [-0.39, 0.29) is 12.4 Å². The predicted octanol–water partition coefficient (Wildman–Crippen LogP) is 3.50. The van der Waals surface area contributed by atoms with E-state index in [0.717, 1.165) is 5.56 Å². The molecular formula is C19H18FNO3. The number of hydrogen-bond donors (Lipinski definition) is 1. The van der Waals surface area contributed by atoms with E-state index in [4.69, 9.17) is 9.47 Å². The Morgan fingerprint density at radius 1 is 1.21 bits per heavy atom. The van der Waals surface area contributed by atoms with Gasteiger partial charge < -0.3 is 14.8 Å². The average molecular weight is 327 g/mol. The van der Waals surface area contributed by atoms with Gasteiger partial charge in [0.05, 0.1) is 12.7 Å². The van der Waals surface area contributed by atoms with Crippen molar-refractivity contribution < 1.29 is 18.7 Å². The molecule has 0 saturated carbocycles. The van der Waals surface area contributed by atoms with Crippen LogP contribution in [0.1, 0.15) is 17.5 Å². The van der Waals surface area contributed by atoms with Gasteiger partial charge in [0.15, 0.2) is 0 Å². The molecule has 0 atom stereocenters. The fourth-order valence-corrected chi connectivity index (χ4v) is 1.93. The lowest BCUT2D eigenvalue weighted by Gasteiger charge is -2.05. The summed E-state index contributed by atoms with van der Waals surface area (Å²) in [6.07, 6.45) is -0.0407. The number of halogens is 1. The second kappa shape index (κ2) is 9.21. The highest BCUT2D eigenvalue weighted by Gasteiger charge is 2.02. The molecule has 0 radical (unpaired) electrons. The molecule has 0 aromatic heterocycles. The maximum absolute atomic E-state index is 13.1. The Balaban J connectivity index is 1.72. The van der Waals surface area contributed by atoms with Crippen molar-refractivity contribution in [2.45, 2.75) is 13.0 Å². The topological polar surface area (TPSA) is 47.6 Å². The average Bonchev–Trinajstić information content (AvgIpc) is 2.61. The quantitative estimate of drug-likeness (QED) is 0.675. The number of rotatable bonds is 5. The lowest BCUT2D eigenvalue weighted by Crippen LogP contribution is -2.24.